The lowest BCUT2D eigenvalue weighted by atomic mass is 9.99. The number of hydrogen-bond acceptors (Lipinski definition) is 1. The standard InChI is InChI=1S/C18H12F4O.C17H10F4/c1-11-2-8-16-13(10-11)5-9-15(17(16)19)12-3-6-14(7-4-12)23-18(20,21)22;1-9-2-4-12-10(6-9)3-5-13(16(12)20)11-7-14(18)17(21)15(19)8-11/h2-10H,1H3;2-8H,1H3. The van der Waals surface area contributed by atoms with Crippen molar-refractivity contribution in [3.8, 4) is 28.0 Å². The Morgan fingerprint density at radius 2 is 0.932 bits per heavy atom. The van der Waals surface area contributed by atoms with Gasteiger partial charge in [0.2, 0.25) is 0 Å². The topological polar surface area (TPSA) is 9.23 Å². The third-order valence-electron chi connectivity index (χ3n) is 6.91. The number of benzene rings is 6. The average Bonchev–Trinajstić information content (AvgIpc) is 2.96. The largest absolute Gasteiger partial charge is 0.573 e. The quantitative estimate of drug-likeness (QED) is 0.143. The van der Waals surface area contributed by atoms with E-state index in [1.54, 1.807) is 36.4 Å². The Labute approximate surface area is 247 Å². The number of ether oxygens (including phenoxy) is 1. The third kappa shape index (κ3) is 6.51. The number of aryl methyl sites for hydroxylation is 2. The van der Waals surface area contributed by atoms with Gasteiger partial charge in [-0.15, -0.1) is 13.2 Å². The van der Waals surface area contributed by atoms with E-state index in [1.165, 1.54) is 30.3 Å². The molecule has 6 aromatic carbocycles. The van der Waals surface area contributed by atoms with Crippen molar-refractivity contribution in [2.45, 2.75) is 20.2 Å². The molecule has 0 radical (unpaired) electrons. The maximum atomic E-state index is 14.6. The summed E-state index contributed by atoms with van der Waals surface area (Å²) in [5.74, 6) is -5.56. The van der Waals surface area contributed by atoms with Crippen LogP contribution in [0, 0.1) is 42.9 Å². The zero-order valence-electron chi connectivity index (χ0n) is 23.2. The summed E-state index contributed by atoms with van der Waals surface area (Å²) >= 11 is 0. The number of halogens is 8. The molecular formula is C35H22F8O. The van der Waals surface area contributed by atoms with Gasteiger partial charge in [0.25, 0.3) is 0 Å². The van der Waals surface area contributed by atoms with Crippen molar-refractivity contribution in [1.82, 2.24) is 0 Å². The summed E-state index contributed by atoms with van der Waals surface area (Å²) in [7, 11) is 0. The molecule has 1 nitrogen and oxygen atoms in total. The molecule has 44 heavy (non-hydrogen) atoms. The highest BCUT2D eigenvalue weighted by molar-refractivity contribution is 5.89. The molecule has 0 amide bonds. The van der Waals surface area contributed by atoms with Crippen molar-refractivity contribution in [2.75, 3.05) is 0 Å². The fraction of sp³-hybridized carbons (Fsp3) is 0.0857. The molecule has 0 aromatic heterocycles. The highest BCUT2D eigenvalue weighted by Crippen LogP contribution is 2.33. The van der Waals surface area contributed by atoms with E-state index in [0.717, 1.165) is 28.6 Å². The van der Waals surface area contributed by atoms with E-state index in [-0.39, 0.29) is 16.9 Å². The summed E-state index contributed by atoms with van der Waals surface area (Å²) in [6.45, 7) is 3.81. The van der Waals surface area contributed by atoms with Crippen molar-refractivity contribution < 1.29 is 39.9 Å². The maximum Gasteiger partial charge on any atom is 0.573 e. The predicted octanol–water partition coefficient (Wildman–Crippen LogP) is 11.2. The molecule has 0 heterocycles. The van der Waals surface area contributed by atoms with E-state index in [0.29, 0.717) is 27.3 Å². The fourth-order valence-electron chi connectivity index (χ4n) is 4.82. The van der Waals surface area contributed by atoms with Gasteiger partial charge < -0.3 is 4.74 Å². The Bertz CT molecular complexity index is 1970. The van der Waals surface area contributed by atoms with Crippen LogP contribution in [0.1, 0.15) is 11.1 Å². The van der Waals surface area contributed by atoms with Crippen LogP contribution in [0.2, 0.25) is 0 Å². The van der Waals surface area contributed by atoms with Crippen LogP contribution in [-0.4, -0.2) is 6.36 Å². The maximum absolute atomic E-state index is 14.6. The molecule has 0 aliphatic heterocycles. The molecule has 6 aromatic rings. The molecule has 0 aliphatic rings. The molecular weight excluding hydrogens is 588 g/mol. The molecule has 0 aliphatic carbocycles. The van der Waals surface area contributed by atoms with Crippen LogP contribution in [0.15, 0.2) is 97.1 Å². The summed E-state index contributed by atoms with van der Waals surface area (Å²) < 4.78 is 109. The Kier molecular flexibility index (Phi) is 8.32. The Hall–Kier alpha value is -4.92. The van der Waals surface area contributed by atoms with Crippen LogP contribution in [-0.2, 0) is 0 Å². The molecule has 224 valence electrons. The minimum atomic E-state index is -4.74. The summed E-state index contributed by atoms with van der Waals surface area (Å²) in [6.07, 6.45) is -4.74. The zero-order chi connectivity index (χ0) is 31.8. The first-order valence-electron chi connectivity index (χ1n) is 13.2. The summed E-state index contributed by atoms with van der Waals surface area (Å²) in [6, 6.07) is 23.8. The third-order valence-corrected chi connectivity index (χ3v) is 6.91. The Morgan fingerprint density at radius 1 is 0.477 bits per heavy atom. The van der Waals surface area contributed by atoms with Gasteiger partial charge in [0.1, 0.15) is 17.4 Å². The second-order valence-electron chi connectivity index (χ2n) is 10.1. The van der Waals surface area contributed by atoms with Crippen molar-refractivity contribution in [3.63, 3.8) is 0 Å². The first kappa shape index (κ1) is 30.5. The summed E-state index contributed by atoms with van der Waals surface area (Å²) in [5, 5.41) is 2.30. The molecule has 0 fully saturated rings. The first-order chi connectivity index (χ1) is 20.8. The van der Waals surface area contributed by atoms with Crippen LogP contribution >= 0.6 is 0 Å². The predicted molar refractivity (Wildman–Crippen MR) is 155 cm³/mol. The van der Waals surface area contributed by atoms with Crippen LogP contribution in [0.3, 0.4) is 0 Å². The number of rotatable bonds is 3. The van der Waals surface area contributed by atoms with Gasteiger partial charge in [-0.2, -0.15) is 0 Å². The summed E-state index contributed by atoms with van der Waals surface area (Å²) in [4.78, 5) is 0. The molecule has 0 atom stereocenters. The molecule has 0 bridgehead atoms. The first-order valence-corrected chi connectivity index (χ1v) is 13.2. The van der Waals surface area contributed by atoms with Gasteiger partial charge in [0.05, 0.1) is 0 Å². The van der Waals surface area contributed by atoms with Crippen molar-refractivity contribution in [2.24, 2.45) is 0 Å². The normalized spacial score (nSPS) is 11.4. The lowest BCUT2D eigenvalue weighted by Crippen LogP contribution is -2.16. The van der Waals surface area contributed by atoms with E-state index >= 15 is 0 Å². The van der Waals surface area contributed by atoms with Gasteiger partial charge in [-0.1, -0.05) is 83.9 Å². The van der Waals surface area contributed by atoms with Gasteiger partial charge in [0, 0.05) is 21.9 Å². The lowest BCUT2D eigenvalue weighted by Gasteiger charge is -2.10. The van der Waals surface area contributed by atoms with Crippen LogP contribution < -0.4 is 4.74 Å². The van der Waals surface area contributed by atoms with E-state index in [9.17, 15) is 35.1 Å². The Morgan fingerprint density at radius 3 is 1.39 bits per heavy atom. The van der Waals surface area contributed by atoms with E-state index in [4.69, 9.17) is 0 Å². The number of hydrogen-bond donors (Lipinski definition) is 0. The number of fused-ring (bicyclic) bond motifs is 2. The second-order valence-corrected chi connectivity index (χ2v) is 10.1. The lowest BCUT2D eigenvalue weighted by molar-refractivity contribution is -0.274. The van der Waals surface area contributed by atoms with E-state index in [1.807, 2.05) is 32.0 Å². The van der Waals surface area contributed by atoms with Gasteiger partial charge in [-0.3, -0.25) is 0 Å². The van der Waals surface area contributed by atoms with Crippen LogP contribution in [0.4, 0.5) is 35.1 Å². The van der Waals surface area contributed by atoms with Crippen molar-refractivity contribution >= 4 is 21.5 Å². The monoisotopic (exact) mass is 610 g/mol. The highest BCUT2D eigenvalue weighted by Gasteiger charge is 2.31. The van der Waals surface area contributed by atoms with Gasteiger partial charge in [-0.05, 0) is 60.0 Å². The zero-order valence-corrected chi connectivity index (χ0v) is 23.2. The minimum absolute atomic E-state index is 0.0316. The molecule has 6 rings (SSSR count). The van der Waals surface area contributed by atoms with E-state index < -0.39 is 35.4 Å². The molecule has 0 spiro atoms. The van der Waals surface area contributed by atoms with Gasteiger partial charge >= 0.3 is 6.36 Å². The van der Waals surface area contributed by atoms with Gasteiger partial charge in [0.15, 0.2) is 17.5 Å². The SMILES string of the molecule is Cc1ccc2c(F)c(-c3cc(F)c(F)c(F)c3)ccc2c1.Cc1ccc2c(F)c(-c3ccc(OC(F)(F)F)cc3)ccc2c1. The molecule has 0 saturated heterocycles. The molecule has 9 heteroatoms. The van der Waals surface area contributed by atoms with E-state index in [2.05, 4.69) is 4.74 Å². The van der Waals surface area contributed by atoms with Crippen LogP contribution in [0.25, 0.3) is 43.8 Å². The smallest absolute Gasteiger partial charge is 0.406 e. The highest BCUT2D eigenvalue weighted by atomic mass is 19.4. The van der Waals surface area contributed by atoms with Gasteiger partial charge in [-0.25, -0.2) is 22.0 Å². The van der Waals surface area contributed by atoms with Crippen molar-refractivity contribution in [3.05, 3.63) is 137 Å². The molecule has 0 N–H and O–H groups in total. The van der Waals surface area contributed by atoms with Crippen LogP contribution in [0.5, 0.6) is 5.75 Å². The molecule has 0 unspecified atom stereocenters. The summed E-state index contributed by atoms with van der Waals surface area (Å²) in [5.41, 5.74) is 2.82. The van der Waals surface area contributed by atoms with Crippen molar-refractivity contribution in [1.29, 1.82) is 0 Å². The minimum Gasteiger partial charge on any atom is -0.406 e. The molecule has 0 saturated carbocycles. The second kappa shape index (κ2) is 12.0. The Balaban J connectivity index is 0.000000175. The fourth-order valence-corrected chi connectivity index (χ4v) is 4.82. The average molecular weight is 611 g/mol. The number of alkyl halides is 3.